The maximum Gasteiger partial charge on any atom is 0.174 e. The molecule has 0 heterocycles. The summed E-state index contributed by atoms with van der Waals surface area (Å²) >= 11 is 5.74. The lowest BCUT2D eigenvalue weighted by Gasteiger charge is -2.10. The predicted octanol–water partition coefficient (Wildman–Crippen LogP) is 3.67. The molecule has 0 bridgehead atoms. The van der Waals surface area contributed by atoms with Gasteiger partial charge >= 0.3 is 0 Å². The zero-order valence-electron chi connectivity index (χ0n) is 11.3. The molecule has 0 spiro atoms. The van der Waals surface area contributed by atoms with E-state index in [1.165, 1.54) is 6.07 Å². The molecule has 0 aliphatic heterocycles. The molecule has 5 heteroatoms. The lowest BCUT2D eigenvalue weighted by atomic mass is 10.2. The van der Waals surface area contributed by atoms with Crippen molar-refractivity contribution in [2.45, 2.75) is 13.1 Å². The van der Waals surface area contributed by atoms with E-state index in [0.29, 0.717) is 18.8 Å². The maximum atomic E-state index is 13.1. The first-order valence-corrected chi connectivity index (χ1v) is 6.81. The zero-order chi connectivity index (χ0) is 15.1. The van der Waals surface area contributed by atoms with Crippen molar-refractivity contribution in [1.82, 2.24) is 5.32 Å². The highest BCUT2D eigenvalue weighted by molar-refractivity contribution is 6.30. The van der Waals surface area contributed by atoms with Gasteiger partial charge in [-0.3, -0.25) is 0 Å². The summed E-state index contributed by atoms with van der Waals surface area (Å²) in [6, 6.07) is 14.1. The second-order valence-corrected chi connectivity index (χ2v) is 4.81. The van der Waals surface area contributed by atoms with Crippen LogP contribution in [0.1, 0.15) is 11.1 Å². The number of hydrogen-bond acceptors (Lipinski definition) is 3. The van der Waals surface area contributed by atoms with Crippen molar-refractivity contribution in [3.63, 3.8) is 0 Å². The number of nitrogens with one attached hydrogen (secondary N) is 1. The lowest BCUT2D eigenvalue weighted by molar-refractivity contribution is 0.362. The van der Waals surface area contributed by atoms with Crippen LogP contribution in [0.15, 0.2) is 42.5 Å². The number of ether oxygens (including phenoxy) is 1. The molecular formula is C16H14ClFN2O. The average Bonchev–Trinajstić information content (AvgIpc) is 2.50. The molecule has 2 aromatic carbocycles. The molecule has 108 valence electrons. The fraction of sp³-hybridized carbons (Fsp3) is 0.188. The van der Waals surface area contributed by atoms with Crippen molar-refractivity contribution in [2.75, 3.05) is 6.61 Å². The molecular weight excluding hydrogens is 291 g/mol. The van der Waals surface area contributed by atoms with Gasteiger partial charge in [0.2, 0.25) is 0 Å². The van der Waals surface area contributed by atoms with Gasteiger partial charge in [-0.05, 0) is 23.8 Å². The van der Waals surface area contributed by atoms with E-state index in [-0.39, 0.29) is 11.6 Å². The minimum atomic E-state index is -0.421. The number of hydrogen-bond donors (Lipinski definition) is 1. The highest BCUT2D eigenvalue weighted by atomic mass is 35.5. The molecule has 3 nitrogen and oxygen atoms in total. The minimum Gasteiger partial charge on any atom is -0.478 e. The second kappa shape index (κ2) is 7.63. The van der Waals surface area contributed by atoms with Crippen molar-refractivity contribution in [3.05, 3.63) is 64.4 Å². The molecule has 0 aromatic heterocycles. The van der Waals surface area contributed by atoms with Gasteiger partial charge in [0.1, 0.15) is 17.6 Å². The van der Waals surface area contributed by atoms with E-state index in [2.05, 4.69) is 5.32 Å². The van der Waals surface area contributed by atoms with Crippen LogP contribution in [-0.2, 0) is 13.1 Å². The first kappa shape index (κ1) is 15.3. The van der Waals surface area contributed by atoms with Crippen molar-refractivity contribution in [1.29, 1.82) is 5.26 Å². The summed E-state index contributed by atoms with van der Waals surface area (Å²) in [7, 11) is 0. The number of nitrogens with zero attached hydrogens (tertiary/aromatic N) is 1. The number of rotatable bonds is 6. The molecule has 0 aliphatic rings. The van der Waals surface area contributed by atoms with E-state index in [1.54, 1.807) is 12.1 Å². The fourth-order valence-electron chi connectivity index (χ4n) is 1.89. The highest BCUT2D eigenvalue weighted by Gasteiger charge is 2.04. The van der Waals surface area contributed by atoms with E-state index in [4.69, 9.17) is 21.6 Å². The third kappa shape index (κ3) is 4.45. The molecule has 21 heavy (non-hydrogen) atoms. The summed E-state index contributed by atoms with van der Waals surface area (Å²) in [4.78, 5) is 0. The van der Waals surface area contributed by atoms with Gasteiger partial charge in [0.25, 0.3) is 0 Å². The van der Waals surface area contributed by atoms with Gasteiger partial charge < -0.3 is 10.1 Å². The zero-order valence-corrected chi connectivity index (χ0v) is 12.0. The first-order valence-electron chi connectivity index (χ1n) is 6.43. The standard InChI is InChI=1S/C16H14ClFN2O/c17-14-9-12(5-6-15(14)18)10-20-11-13-3-1-2-4-16(13)21-8-7-19/h1-6,9,20H,8,10-11H2. The summed E-state index contributed by atoms with van der Waals surface area (Å²) in [6.45, 7) is 1.16. The molecule has 0 saturated carbocycles. The summed E-state index contributed by atoms with van der Waals surface area (Å²) in [6.07, 6.45) is 0. The smallest absolute Gasteiger partial charge is 0.174 e. The van der Waals surface area contributed by atoms with Crippen LogP contribution in [-0.4, -0.2) is 6.61 Å². The van der Waals surface area contributed by atoms with Gasteiger partial charge in [0.15, 0.2) is 6.61 Å². The van der Waals surface area contributed by atoms with Crippen LogP contribution >= 0.6 is 11.6 Å². The molecule has 0 aliphatic carbocycles. The minimum absolute atomic E-state index is 0.0184. The normalized spacial score (nSPS) is 10.1. The molecule has 0 amide bonds. The van der Waals surface area contributed by atoms with E-state index >= 15 is 0 Å². The lowest BCUT2D eigenvalue weighted by Crippen LogP contribution is -2.13. The number of nitriles is 1. The Morgan fingerprint density at radius 1 is 1.19 bits per heavy atom. The summed E-state index contributed by atoms with van der Waals surface area (Å²) in [5, 5.41) is 11.9. The summed E-state index contributed by atoms with van der Waals surface area (Å²) in [5.41, 5.74) is 1.86. The number of benzene rings is 2. The Hall–Kier alpha value is -2.09. The molecule has 1 N–H and O–H groups in total. The van der Waals surface area contributed by atoms with Crippen LogP contribution in [0.5, 0.6) is 5.75 Å². The number of para-hydroxylation sites is 1. The SMILES string of the molecule is N#CCOc1ccccc1CNCc1ccc(F)c(Cl)c1. The van der Waals surface area contributed by atoms with E-state index < -0.39 is 5.82 Å². The molecule has 2 aromatic rings. The monoisotopic (exact) mass is 304 g/mol. The van der Waals surface area contributed by atoms with E-state index in [0.717, 1.165) is 11.1 Å². The molecule has 0 fully saturated rings. The van der Waals surface area contributed by atoms with Gasteiger partial charge in [-0.1, -0.05) is 35.9 Å². The van der Waals surface area contributed by atoms with Gasteiger partial charge in [0.05, 0.1) is 5.02 Å². The maximum absolute atomic E-state index is 13.1. The van der Waals surface area contributed by atoms with Crippen molar-refractivity contribution in [3.8, 4) is 11.8 Å². The molecule has 0 saturated heterocycles. The Labute approximate surface area is 127 Å². The first-order chi connectivity index (χ1) is 10.2. The van der Waals surface area contributed by atoms with Gasteiger partial charge in [-0.2, -0.15) is 5.26 Å². The van der Waals surface area contributed by atoms with Gasteiger partial charge in [0, 0.05) is 18.7 Å². The van der Waals surface area contributed by atoms with Gasteiger partial charge in [-0.25, -0.2) is 4.39 Å². The van der Waals surface area contributed by atoms with Crippen LogP contribution in [0.4, 0.5) is 4.39 Å². The summed E-state index contributed by atoms with van der Waals surface area (Å²) in [5.74, 6) is 0.263. The third-order valence-corrected chi connectivity index (χ3v) is 3.18. The van der Waals surface area contributed by atoms with Crippen LogP contribution < -0.4 is 10.1 Å². The van der Waals surface area contributed by atoms with E-state index in [1.807, 2.05) is 30.3 Å². The highest BCUT2D eigenvalue weighted by Crippen LogP contribution is 2.18. The number of halogens is 2. The second-order valence-electron chi connectivity index (χ2n) is 4.41. The Morgan fingerprint density at radius 3 is 2.76 bits per heavy atom. The third-order valence-electron chi connectivity index (χ3n) is 2.89. The predicted molar refractivity (Wildman–Crippen MR) is 79.5 cm³/mol. The van der Waals surface area contributed by atoms with Crippen LogP contribution in [0.3, 0.4) is 0 Å². The Kier molecular flexibility index (Phi) is 5.56. The van der Waals surface area contributed by atoms with Gasteiger partial charge in [-0.15, -0.1) is 0 Å². The molecule has 0 radical (unpaired) electrons. The van der Waals surface area contributed by atoms with Crippen LogP contribution in [0, 0.1) is 17.1 Å². The van der Waals surface area contributed by atoms with Crippen molar-refractivity contribution in [2.24, 2.45) is 0 Å². The van der Waals surface area contributed by atoms with Crippen LogP contribution in [0.2, 0.25) is 5.02 Å². The Bertz CT molecular complexity index is 655. The summed E-state index contributed by atoms with van der Waals surface area (Å²) < 4.78 is 18.4. The molecule has 2 rings (SSSR count). The topological polar surface area (TPSA) is 45.0 Å². The largest absolute Gasteiger partial charge is 0.478 e. The average molecular weight is 305 g/mol. The Morgan fingerprint density at radius 2 is 2.00 bits per heavy atom. The Balaban J connectivity index is 1.94. The fourth-order valence-corrected chi connectivity index (χ4v) is 2.09. The molecule has 0 atom stereocenters. The quantitative estimate of drug-likeness (QED) is 0.885. The van der Waals surface area contributed by atoms with Crippen molar-refractivity contribution >= 4 is 11.6 Å². The van der Waals surface area contributed by atoms with Crippen molar-refractivity contribution < 1.29 is 9.13 Å². The molecule has 0 unspecified atom stereocenters. The van der Waals surface area contributed by atoms with E-state index in [9.17, 15) is 4.39 Å². The van der Waals surface area contributed by atoms with Crippen LogP contribution in [0.25, 0.3) is 0 Å².